The number of piperidine rings is 1. The number of hydrogen-bond acceptors (Lipinski definition) is 3. The number of likely N-dealkylation sites (tertiary alicyclic amines) is 1. The molecule has 0 saturated carbocycles. The summed E-state index contributed by atoms with van der Waals surface area (Å²) in [6.07, 6.45) is 4.39. The van der Waals surface area contributed by atoms with Crippen LogP contribution in [0, 0.1) is 0 Å². The Kier molecular flexibility index (Phi) is 6.76. The first-order valence-corrected chi connectivity index (χ1v) is 10.8. The van der Waals surface area contributed by atoms with Gasteiger partial charge in [-0.1, -0.05) is 43.7 Å². The summed E-state index contributed by atoms with van der Waals surface area (Å²) < 4.78 is 0. The fourth-order valence-electron chi connectivity index (χ4n) is 4.54. The Labute approximate surface area is 169 Å². The lowest BCUT2D eigenvalue weighted by atomic mass is 9.83. The molecule has 1 atom stereocenters. The average molecular weight is 386 g/mol. The number of hydrogen-bond donors (Lipinski definition) is 0. The standard InChI is InChI=1S/C23H35N3O2/c1-4-13-24-14-9-8-12-20(24)21(27)25-15-17-26(18-16-25)22(28)23(2,3)19-10-6-5-7-11-19/h5-7,10-11,20H,4,8-9,12-18H2,1-3H3/t20-/m0/s1. The maximum absolute atomic E-state index is 13.1. The molecule has 2 heterocycles. The van der Waals surface area contributed by atoms with Crippen LogP contribution in [0.4, 0.5) is 0 Å². The van der Waals surface area contributed by atoms with E-state index >= 15 is 0 Å². The lowest BCUT2D eigenvalue weighted by molar-refractivity contribution is -0.146. The molecule has 2 aliphatic rings. The Morgan fingerprint density at radius 3 is 2.25 bits per heavy atom. The van der Waals surface area contributed by atoms with E-state index in [0.29, 0.717) is 26.2 Å². The van der Waals surface area contributed by atoms with Crippen molar-refractivity contribution in [1.82, 2.24) is 14.7 Å². The molecule has 28 heavy (non-hydrogen) atoms. The Morgan fingerprint density at radius 1 is 0.964 bits per heavy atom. The summed E-state index contributed by atoms with van der Waals surface area (Å²) >= 11 is 0. The molecule has 1 aromatic carbocycles. The van der Waals surface area contributed by atoms with Crippen LogP contribution in [0.2, 0.25) is 0 Å². The van der Waals surface area contributed by atoms with Gasteiger partial charge in [-0.3, -0.25) is 14.5 Å². The van der Waals surface area contributed by atoms with E-state index in [4.69, 9.17) is 0 Å². The summed E-state index contributed by atoms with van der Waals surface area (Å²) in [6, 6.07) is 10.0. The molecule has 0 N–H and O–H groups in total. The molecule has 1 aromatic rings. The second-order valence-electron chi connectivity index (χ2n) is 8.66. The van der Waals surface area contributed by atoms with Crippen molar-refractivity contribution in [1.29, 1.82) is 0 Å². The van der Waals surface area contributed by atoms with E-state index in [9.17, 15) is 9.59 Å². The number of amides is 2. The van der Waals surface area contributed by atoms with Gasteiger partial charge in [0.25, 0.3) is 0 Å². The van der Waals surface area contributed by atoms with E-state index in [2.05, 4.69) is 11.8 Å². The quantitative estimate of drug-likeness (QED) is 0.783. The molecule has 2 fully saturated rings. The third kappa shape index (κ3) is 4.40. The minimum absolute atomic E-state index is 0.0386. The Hall–Kier alpha value is -1.88. The highest BCUT2D eigenvalue weighted by molar-refractivity contribution is 5.88. The number of carbonyl (C=O) groups excluding carboxylic acids is 2. The van der Waals surface area contributed by atoms with Crippen LogP contribution in [0.25, 0.3) is 0 Å². The minimum atomic E-state index is -0.547. The van der Waals surface area contributed by atoms with Crippen LogP contribution in [0.15, 0.2) is 30.3 Å². The second kappa shape index (κ2) is 9.08. The van der Waals surface area contributed by atoms with Gasteiger partial charge in [-0.25, -0.2) is 0 Å². The van der Waals surface area contributed by atoms with Crippen molar-refractivity contribution in [2.45, 2.75) is 57.9 Å². The smallest absolute Gasteiger partial charge is 0.240 e. The van der Waals surface area contributed by atoms with Crippen LogP contribution < -0.4 is 0 Å². The zero-order chi connectivity index (χ0) is 20.1. The van der Waals surface area contributed by atoms with Gasteiger partial charge in [0.2, 0.25) is 11.8 Å². The number of piperazine rings is 1. The molecule has 0 unspecified atom stereocenters. The van der Waals surface area contributed by atoms with Crippen molar-refractivity contribution in [3.05, 3.63) is 35.9 Å². The van der Waals surface area contributed by atoms with E-state index in [1.54, 1.807) is 0 Å². The third-order valence-corrected chi connectivity index (χ3v) is 6.32. The fraction of sp³-hybridized carbons (Fsp3) is 0.652. The minimum Gasteiger partial charge on any atom is -0.338 e. The Balaban J connectivity index is 1.59. The molecule has 154 valence electrons. The molecule has 0 aliphatic carbocycles. The van der Waals surface area contributed by atoms with E-state index < -0.39 is 5.41 Å². The summed E-state index contributed by atoms with van der Waals surface area (Å²) in [5.74, 6) is 0.415. The first kappa shape index (κ1) is 20.8. The highest BCUT2D eigenvalue weighted by Gasteiger charge is 2.37. The van der Waals surface area contributed by atoms with Crippen LogP contribution in [0.5, 0.6) is 0 Å². The maximum Gasteiger partial charge on any atom is 0.240 e. The van der Waals surface area contributed by atoms with Gasteiger partial charge in [-0.05, 0) is 51.8 Å². The van der Waals surface area contributed by atoms with Crippen molar-refractivity contribution < 1.29 is 9.59 Å². The lowest BCUT2D eigenvalue weighted by Gasteiger charge is -2.42. The van der Waals surface area contributed by atoms with Gasteiger partial charge in [0.1, 0.15) is 0 Å². The van der Waals surface area contributed by atoms with Gasteiger partial charge >= 0.3 is 0 Å². The van der Waals surface area contributed by atoms with Gasteiger partial charge < -0.3 is 9.80 Å². The summed E-state index contributed by atoms with van der Waals surface area (Å²) in [5, 5.41) is 0. The van der Waals surface area contributed by atoms with Crippen molar-refractivity contribution in [2.24, 2.45) is 0 Å². The lowest BCUT2D eigenvalue weighted by Crippen LogP contribution is -2.58. The molecule has 2 amide bonds. The van der Waals surface area contributed by atoms with Crippen molar-refractivity contribution >= 4 is 11.8 Å². The third-order valence-electron chi connectivity index (χ3n) is 6.32. The van der Waals surface area contributed by atoms with Gasteiger partial charge in [-0.2, -0.15) is 0 Å². The molecule has 5 heteroatoms. The Morgan fingerprint density at radius 2 is 1.61 bits per heavy atom. The molecule has 2 aliphatic heterocycles. The van der Waals surface area contributed by atoms with Gasteiger partial charge in [0.15, 0.2) is 0 Å². The van der Waals surface area contributed by atoms with Crippen LogP contribution in [-0.2, 0) is 15.0 Å². The number of benzene rings is 1. The first-order valence-electron chi connectivity index (χ1n) is 10.8. The molecular weight excluding hydrogens is 350 g/mol. The predicted molar refractivity (Wildman–Crippen MR) is 112 cm³/mol. The van der Waals surface area contributed by atoms with Crippen LogP contribution in [0.1, 0.15) is 52.0 Å². The number of rotatable bonds is 5. The zero-order valence-electron chi connectivity index (χ0n) is 17.7. The largest absolute Gasteiger partial charge is 0.338 e. The molecule has 0 bridgehead atoms. The van der Waals surface area contributed by atoms with Gasteiger partial charge in [-0.15, -0.1) is 0 Å². The van der Waals surface area contributed by atoms with Gasteiger partial charge in [0, 0.05) is 26.2 Å². The molecule has 0 radical (unpaired) electrons. The summed E-state index contributed by atoms with van der Waals surface area (Å²) in [7, 11) is 0. The molecule has 3 rings (SSSR count). The highest BCUT2D eigenvalue weighted by Crippen LogP contribution is 2.26. The summed E-state index contributed by atoms with van der Waals surface area (Å²) in [5.41, 5.74) is 0.491. The van der Waals surface area contributed by atoms with Crippen molar-refractivity contribution in [3.63, 3.8) is 0 Å². The molecule has 2 saturated heterocycles. The average Bonchev–Trinajstić information content (AvgIpc) is 2.74. The topological polar surface area (TPSA) is 43.9 Å². The normalized spacial score (nSPS) is 21.6. The SMILES string of the molecule is CCCN1CCCC[C@H]1C(=O)N1CCN(C(=O)C(C)(C)c2ccccc2)CC1. The van der Waals surface area contributed by atoms with E-state index in [-0.39, 0.29) is 17.9 Å². The summed E-state index contributed by atoms with van der Waals surface area (Å²) in [4.78, 5) is 32.5. The van der Waals surface area contributed by atoms with Gasteiger partial charge in [0.05, 0.1) is 11.5 Å². The predicted octanol–water partition coefficient (Wildman–Crippen LogP) is 2.90. The molecule has 0 spiro atoms. The Bertz CT molecular complexity index is 664. The zero-order valence-corrected chi connectivity index (χ0v) is 17.7. The second-order valence-corrected chi connectivity index (χ2v) is 8.66. The molecule has 0 aromatic heterocycles. The van der Waals surface area contributed by atoms with E-state index in [0.717, 1.165) is 37.9 Å². The fourth-order valence-corrected chi connectivity index (χ4v) is 4.54. The highest BCUT2D eigenvalue weighted by atomic mass is 16.2. The van der Waals surface area contributed by atoms with Crippen molar-refractivity contribution in [3.8, 4) is 0 Å². The van der Waals surface area contributed by atoms with Crippen LogP contribution in [0.3, 0.4) is 0 Å². The molecule has 5 nitrogen and oxygen atoms in total. The first-order chi connectivity index (χ1) is 13.4. The van der Waals surface area contributed by atoms with E-state index in [1.165, 1.54) is 6.42 Å². The van der Waals surface area contributed by atoms with E-state index in [1.807, 2.05) is 54.0 Å². The van der Waals surface area contributed by atoms with Crippen molar-refractivity contribution in [2.75, 3.05) is 39.3 Å². The molecular formula is C23H35N3O2. The maximum atomic E-state index is 13.1. The van der Waals surface area contributed by atoms with Crippen LogP contribution >= 0.6 is 0 Å². The number of carbonyl (C=O) groups is 2. The number of nitrogens with zero attached hydrogens (tertiary/aromatic N) is 3. The van der Waals surface area contributed by atoms with Crippen LogP contribution in [-0.4, -0.2) is 71.8 Å². The summed E-state index contributed by atoms with van der Waals surface area (Å²) in [6.45, 7) is 10.7. The monoisotopic (exact) mass is 385 g/mol.